The maximum atomic E-state index is 13.2. The van der Waals surface area contributed by atoms with E-state index >= 15 is 0 Å². The van der Waals surface area contributed by atoms with Gasteiger partial charge in [-0.3, -0.25) is 4.68 Å². The second kappa shape index (κ2) is 9.03. The Morgan fingerprint density at radius 2 is 2.00 bits per heavy atom. The number of carbonyl (C=O) groups excluding carboxylic acids is 1. The first-order valence-corrected chi connectivity index (χ1v) is 12.2. The molecular formula is C28H28N6O2. The van der Waals surface area contributed by atoms with Crippen molar-refractivity contribution < 1.29 is 9.53 Å². The van der Waals surface area contributed by atoms with E-state index in [0.29, 0.717) is 6.54 Å². The summed E-state index contributed by atoms with van der Waals surface area (Å²) in [6.45, 7) is 1.34. The summed E-state index contributed by atoms with van der Waals surface area (Å²) in [4.78, 5) is 20.2. The predicted molar refractivity (Wildman–Crippen MR) is 140 cm³/mol. The molecule has 1 saturated heterocycles. The number of fused-ring (bicyclic) bond motifs is 2. The first-order chi connectivity index (χ1) is 17.6. The molecule has 0 bridgehead atoms. The van der Waals surface area contributed by atoms with Crippen LogP contribution in [0.3, 0.4) is 0 Å². The summed E-state index contributed by atoms with van der Waals surface area (Å²) in [7, 11) is 3.58. The zero-order valence-corrected chi connectivity index (χ0v) is 20.4. The maximum absolute atomic E-state index is 13.2. The number of carbonyl (C=O) groups is 1. The molecular weight excluding hydrogens is 452 g/mol. The molecule has 0 spiro atoms. The Kier molecular flexibility index (Phi) is 5.56. The lowest BCUT2D eigenvalue weighted by Crippen LogP contribution is -2.42. The number of anilines is 1. The Bertz CT molecular complexity index is 1570. The molecule has 2 aromatic carbocycles. The topological polar surface area (TPSA) is 76.7 Å². The van der Waals surface area contributed by atoms with Gasteiger partial charge in [0.1, 0.15) is 11.6 Å². The van der Waals surface area contributed by atoms with Gasteiger partial charge in [-0.05, 0) is 55.3 Å². The van der Waals surface area contributed by atoms with Crippen molar-refractivity contribution in [2.45, 2.75) is 18.8 Å². The van der Waals surface area contributed by atoms with Gasteiger partial charge in [-0.2, -0.15) is 5.10 Å². The molecule has 3 aromatic heterocycles. The van der Waals surface area contributed by atoms with Crippen molar-refractivity contribution in [2.75, 3.05) is 25.5 Å². The minimum absolute atomic E-state index is 0.0863. The molecule has 2 amide bonds. The van der Waals surface area contributed by atoms with Crippen LogP contribution in [0, 0.1) is 0 Å². The summed E-state index contributed by atoms with van der Waals surface area (Å²) in [5.41, 5.74) is 4.79. The van der Waals surface area contributed by atoms with Gasteiger partial charge in [0, 0.05) is 48.9 Å². The highest BCUT2D eigenvalue weighted by Gasteiger charge is 2.29. The summed E-state index contributed by atoms with van der Waals surface area (Å²) >= 11 is 0. The van der Waals surface area contributed by atoms with Crippen LogP contribution in [-0.4, -0.2) is 50.3 Å². The normalized spacial score (nSPS) is 15.9. The van der Waals surface area contributed by atoms with Crippen molar-refractivity contribution >= 4 is 28.1 Å². The number of hydrogen-bond donors (Lipinski definition) is 1. The number of nitrogens with zero attached hydrogens (tertiary/aromatic N) is 5. The fourth-order valence-electron chi connectivity index (χ4n) is 5.15. The fourth-order valence-corrected chi connectivity index (χ4v) is 5.15. The van der Waals surface area contributed by atoms with Crippen molar-refractivity contribution in [3.8, 4) is 17.0 Å². The molecule has 4 heterocycles. The van der Waals surface area contributed by atoms with Gasteiger partial charge in [0.05, 0.1) is 30.0 Å². The minimum Gasteiger partial charge on any atom is -0.497 e. The third kappa shape index (κ3) is 3.94. The Morgan fingerprint density at radius 1 is 1.08 bits per heavy atom. The molecule has 36 heavy (non-hydrogen) atoms. The molecule has 0 aliphatic carbocycles. The first-order valence-electron chi connectivity index (χ1n) is 12.2. The van der Waals surface area contributed by atoms with Crippen LogP contribution in [0.5, 0.6) is 5.75 Å². The van der Waals surface area contributed by atoms with E-state index in [1.165, 1.54) is 0 Å². The molecule has 0 saturated carbocycles. The van der Waals surface area contributed by atoms with Crippen LogP contribution < -0.4 is 10.1 Å². The van der Waals surface area contributed by atoms with Crippen molar-refractivity contribution in [1.82, 2.24) is 24.1 Å². The smallest absolute Gasteiger partial charge is 0.321 e. The number of aryl methyl sites for hydroxylation is 1. The number of imidazole rings is 1. The molecule has 8 heteroatoms. The lowest BCUT2D eigenvalue weighted by atomic mass is 9.97. The van der Waals surface area contributed by atoms with E-state index in [4.69, 9.17) is 9.72 Å². The monoisotopic (exact) mass is 480 g/mol. The van der Waals surface area contributed by atoms with Gasteiger partial charge >= 0.3 is 6.03 Å². The second-order valence-corrected chi connectivity index (χ2v) is 9.26. The van der Waals surface area contributed by atoms with Crippen LogP contribution in [0.2, 0.25) is 0 Å². The van der Waals surface area contributed by atoms with E-state index < -0.39 is 0 Å². The number of benzene rings is 2. The molecule has 1 N–H and O–H groups in total. The Morgan fingerprint density at radius 3 is 2.89 bits per heavy atom. The third-order valence-corrected chi connectivity index (χ3v) is 6.99. The quantitative estimate of drug-likeness (QED) is 0.378. The fraction of sp³-hybridized carbons (Fsp3) is 0.250. The van der Waals surface area contributed by atoms with Crippen LogP contribution >= 0.6 is 0 Å². The summed E-state index contributed by atoms with van der Waals surface area (Å²) in [6, 6.07) is 19.9. The molecule has 1 aliphatic rings. The lowest BCUT2D eigenvalue weighted by Gasteiger charge is -2.32. The largest absolute Gasteiger partial charge is 0.497 e. The van der Waals surface area contributed by atoms with Crippen LogP contribution in [0.25, 0.3) is 27.7 Å². The second-order valence-electron chi connectivity index (χ2n) is 9.26. The highest BCUT2D eigenvalue weighted by atomic mass is 16.5. The van der Waals surface area contributed by atoms with Gasteiger partial charge in [0.15, 0.2) is 0 Å². The van der Waals surface area contributed by atoms with E-state index in [2.05, 4.69) is 33.1 Å². The average molecular weight is 481 g/mol. The Balaban J connectivity index is 1.26. The summed E-state index contributed by atoms with van der Waals surface area (Å²) in [6.07, 6.45) is 5.78. The molecule has 1 aliphatic heterocycles. The predicted octanol–water partition coefficient (Wildman–Crippen LogP) is 5.31. The standard InChI is InChI=1S/C28H28N6O2/c1-32-24-12-11-22(15-21(24)17-29-32)30-28(35)33-13-6-8-20(18-33)27-31-26(25-10-3-4-14-34(25)27)19-7-5-9-23(16-19)36-2/h3-5,7,9-12,14-17,20H,6,8,13,18H2,1-2H3,(H,30,35)/t20-/m1/s1. The summed E-state index contributed by atoms with van der Waals surface area (Å²) in [5.74, 6) is 1.92. The number of ether oxygens (including phenoxy) is 1. The van der Waals surface area contributed by atoms with Crippen molar-refractivity contribution in [2.24, 2.45) is 7.05 Å². The average Bonchev–Trinajstić information content (AvgIpc) is 3.49. The van der Waals surface area contributed by atoms with Crippen molar-refractivity contribution in [3.63, 3.8) is 0 Å². The van der Waals surface area contributed by atoms with Crippen LogP contribution in [0.1, 0.15) is 24.6 Å². The molecule has 0 radical (unpaired) electrons. The zero-order valence-electron chi connectivity index (χ0n) is 20.4. The van der Waals surface area contributed by atoms with E-state index in [9.17, 15) is 4.79 Å². The van der Waals surface area contributed by atoms with Crippen LogP contribution in [-0.2, 0) is 7.05 Å². The molecule has 6 rings (SSSR count). The highest BCUT2D eigenvalue weighted by Crippen LogP contribution is 2.33. The molecule has 8 nitrogen and oxygen atoms in total. The molecule has 182 valence electrons. The maximum Gasteiger partial charge on any atom is 0.321 e. The third-order valence-electron chi connectivity index (χ3n) is 6.99. The first kappa shape index (κ1) is 22.2. The number of rotatable bonds is 4. The number of amides is 2. The van der Waals surface area contributed by atoms with E-state index in [1.807, 2.05) is 71.4 Å². The van der Waals surface area contributed by atoms with E-state index in [-0.39, 0.29) is 11.9 Å². The van der Waals surface area contributed by atoms with Gasteiger partial charge in [0.25, 0.3) is 0 Å². The van der Waals surface area contributed by atoms with Gasteiger partial charge in [0.2, 0.25) is 0 Å². The Hall–Kier alpha value is -4.33. The lowest BCUT2D eigenvalue weighted by molar-refractivity contribution is 0.191. The van der Waals surface area contributed by atoms with Crippen molar-refractivity contribution in [3.05, 3.63) is 78.9 Å². The van der Waals surface area contributed by atoms with Gasteiger partial charge in [-0.25, -0.2) is 9.78 Å². The van der Waals surface area contributed by atoms with E-state index in [0.717, 1.165) is 64.3 Å². The van der Waals surface area contributed by atoms with E-state index in [1.54, 1.807) is 7.11 Å². The van der Waals surface area contributed by atoms with Crippen molar-refractivity contribution in [1.29, 1.82) is 0 Å². The number of hydrogen-bond acceptors (Lipinski definition) is 4. The minimum atomic E-state index is -0.0863. The Labute approximate surface area is 209 Å². The molecule has 1 fully saturated rings. The number of urea groups is 1. The van der Waals surface area contributed by atoms with Crippen LogP contribution in [0.4, 0.5) is 10.5 Å². The van der Waals surface area contributed by atoms with Gasteiger partial charge in [-0.15, -0.1) is 0 Å². The number of nitrogens with one attached hydrogen (secondary N) is 1. The SMILES string of the molecule is COc1cccc(-c2nc([C@@H]3CCCN(C(=O)Nc4ccc5c(cnn5C)c4)C3)n3ccccc23)c1. The summed E-state index contributed by atoms with van der Waals surface area (Å²) < 4.78 is 9.42. The van der Waals surface area contributed by atoms with Gasteiger partial charge in [-0.1, -0.05) is 18.2 Å². The zero-order chi connectivity index (χ0) is 24.6. The van der Waals surface area contributed by atoms with Gasteiger partial charge < -0.3 is 19.4 Å². The molecule has 5 aromatic rings. The van der Waals surface area contributed by atoms with Crippen LogP contribution in [0.15, 0.2) is 73.1 Å². The summed E-state index contributed by atoms with van der Waals surface area (Å²) in [5, 5.41) is 8.36. The number of aromatic nitrogens is 4. The number of methoxy groups -OCH3 is 1. The highest BCUT2D eigenvalue weighted by molar-refractivity contribution is 5.92. The molecule has 1 atom stereocenters. The number of piperidine rings is 1. The number of pyridine rings is 1. The number of likely N-dealkylation sites (tertiary alicyclic amines) is 1. The molecule has 0 unspecified atom stereocenters.